The number of ether oxygens (including phenoxy) is 1. The Morgan fingerprint density at radius 1 is 1.03 bits per heavy atom. The molecule has 2 heterocycles. The Morgan fingerprint density at radius 3 is 2.27 bits per heavy atom. The molecule has 1 N–H and O–H groups in total. The number of rotatable bonds is 2. The van der Waals surface area contributed by atoms with Gasteiger partial charge in [-0.3, -0.25) is 9.59 Å². The Bertz CT molecular complexity index is 1190. The van der Waals surface area contributed by atoms with Gasteiger partial charge in [0.15, 0.2) is 0 Å². The second-order valence-corrected chi connectivity index (χ2v) is 9.03. The van der Waals surface area contributed by atoms with Gasteiger partial charge in [0.1, 0.15) is 17.5 Å². The van der Waals surface area contributed by atoms with E-state index in [0.29, 0.717) is 48.8 Å². The number of morpholine rings is 1. The van der Waals surface area contributed by atoms with E-state index in [2.05, 4.69) is 31.1 Å². The summed E-state index contributed by atoms with van der Waals surface area (Å²) in [6, 6.07) is 16.8. The van der Waals surface area contributed by atoms with E-state index < -0.39 is 0 Å². The summed E-state index contributed by atoms with van der Waals surface area (Å²) in [7, 11) is 0. The second kappa shape index (κ2) is 9.00. The SMILES string of the molecule is CC(C)(C)c1ccc(C(=O)NC2=N/C(=C(/C#N)C(=O)N3CCOCC3)c3ccccc32)cc1. The standard InChI is InChI=1S/C26H26N4O3/c1-26(2,3)18-10-8-17(9-11-18)24(31)29-23-20-7-5-4-6-19(20)22(28-23)21(16-27)25(32)30-12-14-33-15-13-30/h4-11H,12-15H2,1-3H3,(H,28,29,31)/b22-21-. The van der Waals surface area contributed by atoms with E-state index in [0.717, 1.165) is 5.56 Å². The second-order valence-electron chi connectivity index (χ2n) is 9.03. The van der Waals surface area contributed by atoms with E-state index in [4.69, 9.17) is 4.74 Å². The van der Waals surface area contributed by atoms with Crippen molar-refractivity contribution in [3.05, 3.63) is 76.4 Å². The summed E-state index contributed by atoms with van der Waals surface area (Å²) < 4.78 is 5.31. The predicted molar refractivity (Wildman–Crippen MR) is 126 cm³/mol. The molecule has 2 amide bonds. The normalized spacial score (nSPS) is 17.0. The maximum atomic E-state index is 13.0. The van der Waals surface area contributed by atoms with Gasteiger partial charge in [0.05, 0.1) is 18.9 Å². The molecular weight excluding hydrogens is 416 g/mol. The lowest BCUT2D eigenvalue weighted by Crippen LogP contribution is -2.41. The third-order valence-corrected chi connectivity index (χ3v) is 5.77. The van der Waals surface area contributed by atoms with Crippen molar-refractivity contribution in [2.24, 2.45) is 4.99 Å². The van der Waals surface area contributed by atoms with Crippen molar-refractivity contribution >= 4 is 23.3 Å². The zero-order valence-corrected chi connectivity index (χ0v) is 19.0. The van der Waals surface area contributed by atoms with Gasteiger partial charge in [0.25, 0.3) is 11.8 Å². The molecule has 2 aliphatic rings. The van der Waals surface area contributed by atoms with Crippen molar-refractivity contribution in [3.8, 4) is 6.07 Å². The van der Waals surface area contributed by atoms with E-state index >= 15 is 0 Å². The minimum atomic E-state index is -0.375. The molecule has 4 rings (SSSR count). The van der Waals surface area contributed by atoms with Crippen LogP contribution in [0.4, 0.5) is 0 Å². The average Bonchev–Trinajstić information content (AvgIpc) is 3.17. The lowest BCUT2D eigenvalue weighted by Gasteiger charge is -2.26. The van der Waals surface area contributed by atoms with Crippen molar-refractivity contribution in [2.45, 2.75) is 26.2 Å². The fraction of sp³-hybridized carbons (Fsp3) is 0.308. The summed E-state index contributed by atoms with van der Waals surface area (Å²) in [6.07, 6.45) is 0. The van der Waals surface area contributed by atoms with Crippen molar-refractivity contribution in [3.63, 3.8) is 0 Å². The lowest BCUT2D eigenvalue weighted by atomic mass is 9.87. The van der Waals surface area contributed by atoms with Gasteiger partial charge in [-0.25, -0.2) is 4.99 Å². The minimum Gasteiger partial charge on any atom is -0.378 e. The molecule has 2 aromatic rings. The largest absolute Gasteiger partial charge is 0.378 e. The Morgan fingerprint density at radius 2 is 1.67 bits per heavy atom. The molecular formula is C26H26N4O3. The van der Waals surface area contributed by atoms with Crippen LogP contribution < -0.4 is 5.32 Å². The highest BCUT2D eigenvalue weighted by Gasteiger charge is 2.30. The molecule has 0 atom stereocenters. The summed E-state index contributed by atoms with van der Waals surface area (Å²) in [5.74, 6) is -0.351. The van der Waals surface area contributed by atoms with E-state index in [1.54, 1.807) is 23.1 Å². The summed E-state index contributed by atoms with van der Waals surface area (Å²) in [4.78, 5) is 32.1. The Balaban J connectivity index is 1.65. The number of benzene rings is 2. The third kappa shape index (κ3) is 4.57. The van der Waals surface area contributed by atoms with Gasteiger partial charge >= 0.3 is 0 Å². The number of nitrogens with one attached hydrogen (secondary N) is 1. The molecule has 7 heteroatoms. The van der Waals surface area contributed by atoms with Crippen LogP contribution in [0.3, 0.4) is 0 Å². The van der Waals surface area contributed by atoms with Crippen LogP contribution in [0.15, 0.2) is 59.1 Å². The number of carbonyl (C=O) groups excluding carboxylic acids is 2. The molecule has 1 fully saturated rings. The highest BCUT2D eigenvalue weighted by atomic mass is 16.5. The van der Waals surface area contributed by atoms with E-state index in [9.17, 15) is 14.9 Å². The summed E-state index contributed by atoms with van der Waals surface area (Å²) in [5.41, 5.74) is 3.19. The summed E-state index contributed by atoms with van der Waals surface area (Å²) >= 11 is 0. The maximum Gasteiger partial charge on any atom is 0.266 e. The number of hydrogen-bond donors (Lipinski definition) is 1. The summed E-state index contributed by atoms with van der Waals surface area (Å²) in [6.45, 7) is 8.08. The van der Waals surface area contributed by atoms with Crippen molar-refractivity contribution in [1.29, 1.82) is 5.26 Å². The number of fused-ring (bicyclic) bond motifs is 1. The van der Waals surface area contributed by atoms with Crippen molar-refractivity contribution in [1.82, 2.24) is 10.2 Å². The molecule has 0 radical (unpaired) electrons. The van der Waals surface area contributed by atoms with Gasteiger partial charge in [0.2, 0.25) is 0 Å². The van der Waals surface area contributed by atoms with Gasteiger partial charge in [-0.1, -0.05) is 57.2 Å². The van der Waals surface area contributed by atoms with Crippen LogP contribution >= 0.6 is 0 Å². The topological polar surface area (TPSA) is 94.8 Å². The first-order valence-electron chi connectivity index (χ1n) is 10.9. The third-order valence-electron chi connectivity index (χ3n) is 5.77. The van der Waals surface area contributed by atoms with Gasteiger partial charge in [-0.2, -0.15) is 5.26 Å². The lowest BCUT2D eigenvalue weighted by molar-refractivity contribution is -0.130. The molecule has 0 saturated carbocycles. The van der Waals surface area contributed by atoms with E-state index in [-0.39, 0.29) is 28.5 Å². The van der Waals surface area contributed by atoms with E-state index in [1.807, 2.05) is 36.4 Å². The monoisotopic (exact) mass is 442 g/mol. The highest BCUT2D eigenvalue weighted by Crippen LogP contribution is 2.31. The highest BCUT2D eigenvalue weighted by molar-refractivity contribution is 6.20. The number of nitriles is 1. The van der Waals surface area contributed by atoms with Crippen LogP contribution in [0, 0.1) is 11.3 Å². The van der Waals surface area contributed by atoms with Crippen LogP contribution in [0.1, 0.15) is 47.8 Å². The van der Waals surface area contributed by atoms with Crippen LogP contribution in [0.25, 0.3) is 5.70 Å². The van der Waals surface area contributed by atoms with Crippen LogP contribution in [-0.4, -0.2) is 48.9 Å². The molecule has 2 aromatic carbocycles. The first kappa shape index (κ1) is 22.4. The first-order valence-corrected chi connectivity index (χ1v) is 10.9. The zero-order chi connectivity index (χ0) is 23.6. The Labute approximate surface area is 193 Å². The Kier molecular flexibility index (Phi) is 6.12. The molecule has 33 heavy (non-hydrogen) atoms. The molecule has 0 unspecified atom stereocenters. The van der Waals surface area contributed by atoms with Crippen molar-refractivity contribution < 1.29 is 14.3 Å². The smallest absolute Gasteiger partial charge is 0.266 e. The van der Waals surface area contributed by atoms with Crippen LogP contribution in [-0.2, 0) is 14.9 Å². The van der Waals surface area contributed by atoms with Crippen molar-refractivity contribution in [2.75, 3.05) is 26.3 Å². The van der Waals surface area contributed by atoms with Crippen LogP contribution in [0.2, 0.25) is 0 Å². The number of hydrogen-bond acceptors (Lipinski definition) is 5. The average molecular weight is 443 g/mol. The molecule has 168 valence electrons. The number of amidine groups is 1. The molecule has 0 aromatic heterocycles. The molecule has 7 nitrogen and oxygen atoms in total. The fourth-order valence-corrected chi connectivity index (χ4v) is 3.84. The molecule has 2 aliphatic heterocycles. The van der Waals surface area contributed by atoms with Gasteiger partial charge in [-0.05, 0) is 23.1 Å². The summed E-state index contributed by atoms with van der Waals surface area (Å²) in [5, 5.41) is 12.7. The zero-order valence-electron chi connectivity index (χ0n) is 19.0. The number of nitrogens with zero attached hydrogens (tertiary/aromatic N) is 3. The quantitative estimate of drug-likeness (QED) is 0.570. The van der Waals surface area contributed by atoms with Crippen LogP contribution in [0.5, 0.6) is 0 Å². The maximum absolute atomic E-state index is 13.0. The predicted octanol–water partition coefficient (Wildman–Crippen LogP) is 3.27. The molecule has 0 spiro atoms. The van der Waals surface area contributed by atoms with Gasteiger partial charge < -0.3 is 15.0 Å². The number of amides is 2. The molecule has 0 bridgehead atoms. The Hall–Kier alpha value is -3.76. The van der Waals surface area contributed by atoms with E-state index in [1.165, 1.54) is 0 Å². The first-order chi connectivity index (χ1) is 15.8. The van der Waals surface area contributed by atoms with Gasteiger partial charge in [-0.15, -0.1) is 0 Å². The number of aliphatic imine (C=N–C) groups is 1. The minimum absolute atomic E-state index is 0.0100. The fourth-order valence-electron chi connectivity index (χ4n) is 3.84. The molecule has 0 aliphatic carbocycles. The van der Waals surface area contributed by atoms with Gasteiger partial charge in [0, 0.05) is 29.8 Å². The molecule has 1 saturated heterocycles. The number of carbonyl (C=O) groups is 2.